The molecule has 1 fully saturated rings. The molecule has 0 radical (unpaired) electrons. The molecule has 0 saturated carbocycles. The van der Waals surface area contributed by atoms with Gasteiger partial charge in [0.05, 0.1) is 11.3 Å². The Morgan fingerprint density at radius 3 is 2.59 bits per heavy atom. The molecule has 4 rings (SSSR count). The van der Waals surface area contributed by atoms with Gasteiger partial charge in [0, 0.05) is 44.0 Å². The topological polar surface area (TPSA) is 67.2 Å². The van der Waals surface area contributed by atoms with Crippen LogP contribution in [0.25, 0.3) is 0 Å². The summed E-state index contributed by atoms with van der Waals surface area (Å²) in [5, 5.41) is 3.37. The van der Waals surface area contributed by atoms with Gasteiger partial charge in [-0.3, -0.25) is 0 Å². The van der Waals surface area contributed by atoms with Crippen molar-refractivity contribution >= 4 is 27.3 Å². The lowest BCUT2D eigenvalue weighted by Gasteiger charge is -2.21. The lowest BCUT2D eigenvalue weighted by molar-refractivity contribution is 0.468. The van der Waals surface area contributed by atoms with E-state index in [2.05, 4.69) is 10.3 Å². The Hall–Kier alpha value is -2.42. The number of imidazole rings is 1. The van der Waals surface area contributed by atoms with Gasteiger partial charge in [-0.25, -0.2) is 17.8 Å². The molecule has 2 atom stereocenters. The van der Waals surface area contributed by atoms with E-state index < -0.39 is 15.8 Å². The summed E-state index contributed by atoms with van der Waals surface area (Å²) < 4.78 is 42.7. The van der Waals surface area contributed by atoms with E-state index >= 15 is 0 Å². The van der Waals surface area contributed by atoms with Crippen LogP contribution in [0.15, 0.2) is 66.1 Å². The number of rotatable bonds is 5. The highest BCUT2D eigenvalue weighted by molar-refractivity contribution is 7.89. The van der Waals surface area contributed by atoms with Gasteiger partial charge in [0.15, 0.2) is 5.03 Å². The molecule has 29 heavy (non-hydrogen) atoms. The minimum absolute atomic E-state index is 0.0159. The highest BCUT2D eigenvalue weighted by Gasteiger charge is 2.41. The molecular formula is C20H20ClFN4O2S. The smallest absolute Gasteiger partial charge is 0.262 e. The third-order valence-electron chi connectivity index (χ3n) is 5.07. The summed E-state index contributed by atoms with van der Waals surface area (Å²) in [6, 6.07) is 13.9. The van der Waals surface area contributed by atoms with Crippen LogP contribution >= 0.6 is 11.6 Å². The van der Waals surface area contributed by atoms with E-state index in [0.717, 1.165) is 5.56 Å². The molecule has 0 bridgehead atoms. The number of hydrogen-bond donors (Lipinski definition) is 1. The average Bonchev–Trinajstić information content (AvgIpc) is 3.33. The van der Waals surface area contributed by atoms with Gasteiger partial charge in [-0.1, -0.05) is 41.9 Å². The number of nitrogens with zero attached hydrogens (tertiary/aromatic N) is 3. The number of hydrogen-bond acceptors (Lipinski definition) is 4. The quantitative estimate of drug-likeness (QED) is 0.667. The SMILES string of the molecule is Cn1cnc(S(=O)(=O)N2CC(Nc3ccc(F)c(Cl)c3)C(c3ccccc3)C2)c1. The van der Waals surface area contributed by atoms with E-state index in [4.69, 9.17) is 11.6 Å². The number of nitrogens with one attached hydrogen (secondary N) is 1. The summed E-state index contributed by atoms with van der Waals surface area (Å²) in [6.45, 7) is 0.572. The minimum Gasteiger partial charge on any atom is -0.380 e. The maximum absolute atomic E-state index is 13.5. The molecule has 0 amide bonds. The zero-order chi connectivity index (χ0) is 20.6. The van der Waals surface area contributed by atoms with Crippen molar-refractivity contribution in [2.75, 3.05) is 18.4 Å². The highest BCUT2D eigenvalue weighted by atomic mass is 35.5. The fourth-order valence-corrected chi connectivity index (χ4v) is 5.24. The number of anilines is 1. The maximum Gasteiger partial charge on any atom is 0.262 e. The van der Waals surface area contributed by atoms with Gasteiger partial charge in [0.25, 0.3) is 10.0 Å². The molecule has 1 aliphatic rings. The van der Waals surface area contributed by atoms with E-state index in [9.17, 15) is 12.8 Å². The molecular weight excluding hydrogens is 415 g/mol. The summed E-state index contributed by atoms with van der Waals surface area (Å²) in [4.78, 5) is 4.01. The fraction of sp³-hybridized carbons (Fsp3) is 0.250. The summed E-state index contributed by atoms with van der Waals surface area (Å²) in [5.41, 5.74) is 1.66. The second-order valence-corrected chi connectivity index (χ2v) is 9.39. The van der Waals surface area contributed by atoms with E-state index in [1.54, 1.807) is 17.7 Å². The van der Waals surface area contributed by atoms with Gasteiger partial charge in [-0.15, -0.1) is 0 Å². The zero-order valence-electron chi connectivity index (χ0n) is 15.7. The van der Waals surface area contributed by atoms with Crippen molar-refractivity contribution in [2.45, 2.75) is 17.0 Å². The van der Waals surface area contributed by atoms with Crippen molar-refractivity contribution < 1.29 is 12.8 Å². The number of benzene rings is 2. The molecule has 1 N–H and O–H groups in total. The largest absolute Gasteiger partial charge is 0.380 e. The molecule has 6 nitrogen and oxygen atoms in total. The molecule has 0 aliphatic carbocycles. The average molecular weight is 435 g/mol. The molecule has 3 aromatic rings. The van der Waals surface area contributed by atoms with E-state index in [0.29, 0.717) is 12.2 Å². The lowest BCUT2D eigenvalue weighted by Crippen LogP contribution is -2.32. The number of sulfonamides is 1. The molecule has 1 aromatic heterocycles. The van der Waals surface area contributed by atoms with Crippen LogP contribution in [-0.2, 0) is 17.1 Å². The van der Waals surface area contributed by atoms with Crippen molar-refractivity contribution in [2.24, 2.45) is 7.05 Å². The fourth-order valence-electron chi connectivity index (χ4n) is 3.60. The van der Waals surface area contributed by atoms with Gasteiger partial charge in [0.2, 0.25) is 0 Å². The second-order valence-electron chi connectivity index (χ2n) is 7.10. The molecule has 2 unspecified atom stereocenters. The molecule has 1 aliphatic heterocycles. The van der Waals surface area contributed by atoms with Crippen molar-refractivity contribution in [3.8, 4) is 0 Å². The van der Waals surface area contributed by atoms with Crippen LogP contribution in [0.4, 0.5) is 10.1 Å². The Kier molecular flexibility index (Phi) is 5.33. The molecule has 2 aromatic carbocycles. The van der Waals surface area contributed by atoms with Crippen LogP contribution < -0.4 is 5.32 Å². The highest BCUT2D eigenvalue weighted by Crippen LogP contribution is 2.33. The summed E-state index contributed by atoms with van der Waals surface area (Å²) >= 11 is 5.90. The van der Waals surface area contributed by atoms with E-state index in [1.165, 1.54) is 29.0 Å². The van der Waals surface area contributed by atoms with Gasteiger partial charge < -0.3 is 9.88 Å². The number of halogens is 2. The summed E-state index contributed by atoms with van der Waals surface area (Å²) in [7, 11) is -2.00. The van der Waals surface area contributed by atoms with Crippen LogP contribution in [0.1, 0.15) is 11.5 Å². The predicted molar refractivity (Wildman–Crippen MR) is 110 cm³/mol. The zero-order valence-corrected chi connectivity index (χ0v) is 17.2. The molecule has 9 heteroatoms. The van der Waals surface area contributed by atoms with Crippen molar-refractivity contribution in [3.63, 3.8) is 0 Å². The Labute approximate surface area is 174 Å². The first-order valence-electron chi connectivity index (χ1n) is 9.09. The van der Waals surface area contributed by atoms with Crippen molar-refractivity contribution in [1.82, 2.24) is 13.9 Å². The molecule has 1 saturated heterocycles. The van der Waals surface area contributed by atoms with Crippen LogP contribution in [0.5, 0.6) is 0 Å². The normalized spacial score (nSPS) is 20.1. The van der Waals surface area contributed by atoms with Gasteiger partial charge in [0.1, 0.15) is 5.82 Å². The maximum atomic E-state index is 13.5. The first kappa shape index (κ1) is 19.9. The van der Waals surface area contributed by atoms with Gasteiger partial charge in [-0.2, -0.15) is 4.31 Å². The number of aromatic nitrogens is 2. The van der Waals surface area contributed by atoms with Crippen LogP contribution in [0.2, 0.25) is 5.02 Å². The Morgan fingerprint density at radius 1 is 1.17 bits per heavy atom. The third-order valence-corrected chi connectivity index (χ3v) is 7.08. The van der Waals surface area contributed by atoms with Crippen LogP contribution in [0, 0.1) is 5.82 Å². The van der Waals surface area contributed by atoms with Crippen molar-refractivity contribution in [3.05, 3.63) is 77.5 Å². The molecule has 0 spiro atoms. The van der Waals surface area contributed by atoms with Crippen LogP contribution in [0.3, 0.4) is 0 Å². The van der Waals surface area contributed by atoms with Crippen molar-refractivity contribution in [1.29, 1.82) is 0 Å². The van der Waals surface area contributed by atoms with Gasteiger partial charge in [-0.05, 0) is 23.8 Å². The van der Waals surface area contributed by atoms with Crippen LogP contribution in [-0.4, -0.2) is 41.4 Å². The standard InChI is InChI=1S/C20H20ClFN4O2S/c1-25-12-20(23-13-25)29(27,28)26-10-16(14-5-3-2-4-6-14)19(11-26)24-15-7-8-18(22)17(21)9-15/h2-9,12-13,16,19,24H,10-11H2,1H3. The van der Waals surface area contributed by atoms with Gasteiger partial charge >= 0.3 is 0 Å². The Morgan fingerprint density at radius 2 is 1.93 bits per heavy atom. The summed E-state index contributed by atoms with van der Waals surface area (Å²) in [5.74, 6) is -0.582. The Bertz CT molecular complexity index is 1120. The summed E-state index contributed by atoms with van der Waals surface area (Å²) in [6.07, 6.45) is 2.96. The lowest BCUT2D eigenvalue weighted by atomic mass is 9.94. The first-order valence-corrected chi connectivity index (χ1v) is 10.9. The first-order chi connectivity index (χ1) is 13.8. The number of aryl methyl sites for hydroxylation is 1. The Balaban J connectivity index is 1.65. The van der Waals surface area contributed by atoms with E-state index in [-0.39, 0.29) is 28.6 Å². The molecule has 152 valence electrons. The predicted octanol–water partition coefficient (Wildman–Crippen LogP) is 3.48. The molecule has 2 heterocycles. The minimum atomic E-state index is -3.72. The van der Waals surface area contributed by atoms with E-state index in [1.807, 2.05) is 30.3 Å². The second kappa shape index (κ2) is 7.78. The third kappa shape index (κ3) is 4.01. The monoisotopic (exact) mass is 434 g/mol.